The minimum Gasteiger partial charge on any atom is -0.497 e. The highest BCUT2D eigenvalue weighted by atomic mass is 16.5. The first-order chi connectivity index (χ1) is 12.7. The normalized spacial score (nSPS) is 14.2. The Morgan fingerprint density at radius 1 is 1.08 bits per heavy atom. The summed E-state index contributed by atoms with van der Waals surface area (Å²) in [5, 5.41) is 2.90. The van der Waals surface area contributed by atoms with E-state index in [1.165, 1.54) is 5.69 Å². The van der Waals surface area contributed by atoms with Crippen molar-refractivity contribution in [2.45, 2.75) is 13.3 Å². The van der Waals surface area contributed by atoms with Gasteiger partial charge >= 0.3 is 0 Å². The van der Waals surface area contributed by atoms with E-state index in [0.717, 1.165) is 44.0 Å². The van der Waals surface area contributed by atoms with Gasteiger partial charge in [0.25, 0.3) is 5.91 Å². The van der Waals surface area contributed by atoms with Crippen LogP contribution in [0.5, 0.6) is 5.75 Å². The predicted octanol–water partition coefficient (Wildman–Crippen LogP) is 2.56. The molecule has 1 aromatic heterocycles. The number of rotatable bonds is 6. The second kappa shape index (κ2) is 8.56. The lowest BCUT2D eigenvalue weighted by Crippen LogP contribution is -2.46. The number of nitrogens with one attached hydrogen (secondary N) is 1. The van der Waals surface area contributed by atoms with Gasteiger partial charge in [-0.2, -0.15) is 0 Å². The maximum absolute atomic E-state index is 12.1. The topological polar surface area (TPSA) is 57.7 Å². The van der Waals surface area contributed by atoms with Crippen molar-refractivity contribution in [3.63, 3.8) is 0 Å². The Morgan fingerprint density at radius 3 is 2.35 bits per heavy atom. The van der Waals surface area contributed by atoms with E-state index in [1.807, 2.05) is 31.3 Å². The smallest absolute Gasteiger partial charge is 0.252 e. The molecule has 3 rings (SSSR count). The molecule has 1 saturated heterocycles. The van der Waals surface area contributed by atoms with Crippen LogP contribution in [-0.2, 0) is 0 Å². The molecule has 0 bridgehead atoms. The zero-order valence-corrected chi connectivity index (χ0v) is 15.4. The number of methoxy groups -OCH3 is 1. The fourth-order valence-electron chi connectivity index (χ4n) is 3.08. The van der Waals surface area contributed by atoms with Gasteiger partial charge in [0.2, 0.25) is 0 Å². The minimum atomic E-state index is -0.0573. The maximum Gasteiger partial charge on any atom is 0.252 e. The number of benzene rings is 1. The van der Waals surface area contributed by atoms with E-state index in [4.69, 9.17) is 4.74 Å². The summed E-state index contributed by atoms with van der Waals surface area (Å²) in [6.45, 7) is 6.37. The molecule has 6 nitrogen and oxygen atoms in total. The first-order valence-corrected chi connectivity index (χ1v) is 9.08. The highest BCUT2D eigenvalue weighted by Crippen LogP contribution is 2.23. The summed E-state index contributed by atoms with van der Waals surface area (Å²) >= 11 is 0. The molecule has 0 saturated carbocycles. The molecule has 1 aliphatic rings. The van der Waals surface area contributed by atoms with Crippen molar-refractivity contribution in [1.82, 2.24) is 10.3 Å². The van der Waals surface area contributed by atoms with Gasteiger partial charge < -0.3 is 19.9 Å². The van der Waals surface area contributed by atoms with Crippen LogP contribution in [0.15, 0.2) is 42.7 Å². The van der Waals surface area contributed by atoms with Crippen LogP contribution in [0.4, 0.5) is 11.4 Å². The number of piperazine rings is 1. The van der Waals surface area contributed by atoms with Crippen LogP contribution in [0.25, 0.3) is 0 Å². The zero-order chi connectivity index (χ0) is 18.4. The first-order valence-electron chi connectivity index (χ1n) is 9.08. The van der Waals surface area contributed by atoms with E-state index in [-0.39, 0.29) is 5.91 Å². The van der Waals surface area contributed by atoms with Crippen LogP contribution in [0.2, 0.25) is 0 Å². The Bertz CT molecular complexity index is 725. The first kappa shape index (κ1) is 18.0. The molecule has 1 aromatic carbocycles. The molecule has 1 N–H and O–H groups in total. The number of carbonyl (C=O) groups is 1. The van der Waals surface area contributed by atoms with Gasteiger partial charge in [-0.1, -0.05) is 6.92 Å². The number of ether oxygens (including phenoxy) is 1. The SMILES string of the molecule is CCCNC(=O)c1cncc(N2CCN(c3ccc(OC)cc3)CC2)c1. The van der Waals surface area contributed by atoms with Crippen molar-refractivity contribution in [2.24, 2.45) is 0 Å². The Kier molecular flexibility index (Phi) is 5.94. The molecule has 1 amide bonds. The fourth-order valence-corrected chi connectivity index (χ4v) is 3.08. The Hall–Kier alpha value is -2.76. The lowest BCUT2D eigenvalue weighted by Gasteiger charge is -2.37. The van der Waals surface area contributed by atoms with Crippen molar-refractivity contribution < 1.29 is 9.53 Å². The van der Waals surface area contributed by atoms with Crippen LogP contribution in [0.3, 0.4) is 0 Å². The fraction of sp³-hybridized carbons (Fsp3) is 0.400. The summed E-state index contributed by atoms with van der Waals surface area (Å²) in [5.74, 6) is 0.815. The molecule has 0 radical (unpaired) electrons. The Balaban J connectivity index is 1.61. The third kappa shape index (κ3) is 4.25. The lowest BCUT2D eigenvalue weighted by atomic mass is 10.2. The van der Waals surface area contributed by atoms with Gasteiger partial charge in [0.05, 0.1) is 24.6 Å². The summed E-state index contributed by atoms with van der Waals surface area (Å²) in [6, 6.07) is 10.1. The summed E-state index contributed by atoms with van der Waals surface area (Å²) in [5.41, 5.74) is 2.83. The maximum atomic E-state index is 12.1. The average Bonchev–Trinajstić information content (AvgIpc) is 2.72. The van der Waals surface area contributed by atoms with Crippen molar-refractivity contribution in [3.8, 4) is 5.75 Å². The molecule has 1 aliphatic heterocycles. The summed E-state index contributed by atoms with van der Waals surface area (Å²) in [7, 11) is 1.68. The van der Waals surface area contributed by atoms with E-state index < -0.39 is 0 Å². The van der Waals surface area contributed by atoms with Gasteiger partial charge in [-0.15, -0.1) is 0 Å². The number of hydrogen-bond donors (Lipinski definition) is 1. The molecular formula is C20H26N4O2. The van der Waals surface area contributed by atoms with Gasteiger partial charge in [-0.25, -0.2) is 0 Å². The van der Waals surface area contributed by atoms with E-state index in [1.54, 1.807) is 13.3 Å². The molecule has 138 valence electrons. The number of anilines is 2. The van der Waals surface area contributed by atoms with E-state index in [2.05, 4.69) is 32.2 Å². The van der Waals surface area contributed by atoms with Gasteiger partial charge in [-0.3, -0.25) is 9.78 Å². The van der Waals surface area contributed by atoms with E-state index >= 15 is 0 Å². The lowest BCUT2D eigenvalue weighted by molar-refractivity contribution is 0.0953. The molecule has 2 heterocycles. The second-order valence-electron chi connectivity index (χ2n) is 6.36. The number of amides is 1. The Labute approximate surface area is 154 Å². The molecule has 0 atom stereocenters. The molecular weight excluding hydrogens is 328 g/mol. The molecule has 26 heavy (non-hydrogen) atoms. The van der Waals surface area contributed by atoms with Gasteiger partial charge in [0, 0.05) is 44.6 Å². The monoisotopic (exact) mass is 354 g/mol. The molecule has 6 heteroatoms. The highest BCUT2D eigenvalue weighted by Gasteiger charge is 2.19. The third-order valence-electron chi connectivity index (χ3n) is 4.60. The third-order valence-corrected chi connectivity index (χ3v) is 4.60. The molecule has 0 spiro atoms. The van der Waals surface area contributed by atoms with Gasteiger partial charge in [-0.05, 0) is 36.8 Å². The zero-order valence-electron chi connectivity index (χ0n) is 15.4. The largest absolute Gasteiger partial charge is 0.497 e. The molecule has 0 unspecified atom stereocenters. The Morgan fingerprint density at radius 2 is 1.73 bits per heavy atom. The average molecular weight is 354 g/mol. The number of hydrogen-bond acceptors (Lipinski definition) is 5. The van der Waals surface area contributed by atoms with Crippen LogP contribution in [-0.4, -0.2) is 50.7 Å². The standard InChI is InChI=1S/C20H26N4O2/c1-3-8-22-20(25)16-13-18(15-21-14-16)24-11-9-23(10-12-24)17-4-6-19(26-2)7-5-17/h4-7,13-15H,3,8-12H2,1-2H3,(H,22,25). The van der Waals surface area contributed by atoms with Crippen molar-refractivity contribution >= 4 is 17.3 Å². The van der Waals surface area contributed by atoms with E-state index in [9.17, 15) is 4.79 Å². The number of aromatic nitrogens is 1. The quantitative estimate of drug-likeness (QED) is 0.864. The van der Waals surface area contributed by atoms with E-state index in [0.29, 0.717) is 12.1 Å². The summed E-state index contributed by atoms with van der Waals surface area (Å²) in [6.07, 6.45) is 4.38. The highest BCUT2D eigenvalue weighted by molar-refractivity contribution is 5.94. The predicted molar refractivity (Wildman–Crippen MR) is 104 cm³/mol. The van der Waals surface area contributed by atoms with Gasteiger partial charge in [0.15, 0.2) is 0 Å². The molecule has 0 aliphatic carbocycles. The van der Waals surface area contributed by atoms with Crippen LogP contribution in [0.1, 0.15) is 23.7 Å². The molecule has 2 aromatic rings. The van der Waals surface area contributed by atoms with Crippen molar-refractivity contribution in [1.29, 1.82) is 0 Å². The summed E-state index contributed by atoms with van der Waals surface area (Å²) in [4.78, 5) is 21.0. The number of pyridine rings is 1. The van der Waals surface area contributed by atoms with Crippen molar-refractivity contribution in [2.75, 3.05) is 49.6 Å². The minimum absolute atomic E-state index is 0.0573. The summed E-state index contributed by atoms with van der Waals surface area (Å²) < 4.78 is 5.22. The van der Waals surface area contributed by atoms with Crippen LogP contribution >= 0.6 is 0 Å². The van der Waals surface area contributed by atoms with Gasteiger partial charge in [0.1, 0.15) is 5.75 Å². The van der Waals surface area contributed by atoms with Crippen LogP contribution in [0, 0.1) is 0 Å². The number of carbonyl (C=O) groups excluding carboxylic acids is 1. The second-order valence-corrected chi connectivity index (χ2v) is 6.36. The van der Waals surface area contributed by atoms with Crippen molar-refractivity contribution in [3.05, 3.63) is 48.3 Å². The van der Waals surface area contributed by atoms with Crippen LogP contribution < -0.4 is 19.9 Å². The number of nitrogens with zero attached hydrogens (tertiary/aromatic N) is 3. The molecule has 1 fully saturated rings.